The average Bonchev–Trinajstić information content (AvgIpc) is 2.69. The number of nitrogens with two attached hydrogens (primary N) is 1. The Hall–Kier alpha value is -1.16. The number of hydrogen-bond acceptors (Lipinski definition) is 2. The Kier molecular flexibility index (Phi) is 2.84. The second-order valence-electron chi connectivity index (χ2n) is 4.30. The number of ether oxygens (including phenoxy) is 1. The van der Waals surface area contributed by atoms with Gasteiger partial charge in [-0.3, -0.25) is 0 Å². The molecule has 2 nitrogen and oxygen atoms in total. The Morgan fingerprint density at radius 2 is 1.88 bits per heavy atom. The van der Waals surface area contributed by atoms with Crippen molar-refractivity contribution in [2.75, 3.05) is 7.11 Å². The van der Waals surface area contributed by atoms with Gasteiger partial charge in [-0.25, -0.2) is 8.78 Å². The highest BCUT2D eigenvalue weighted by Gasteiger charge is 2.37. The lowest BCUT2D eigenvalue weighted by Crippen LogP contribution is -2.35. The molecule has 0 aromatic heterocycles. The standard InChI is InChI=1S/C12H15F2NO/c1-16-9-5-4-8(13)11(14)10(9)12(15)6-2-3-7-12/h4-5H,2-3,6-7,15H2,1H3. The van der Waals surface area contributed by atoms with E-state index in [9.17, 15) is 8.78 Å². The molecule has 1 aromatic rings. The molecule has 0 aliphatic heterocycles. The summed E-state index contributed by atoms with van der Waals surface area (Å²) in [5.41, 5.74) is 5.55. The molecule has 1 saturated carbocycles. The van der Waals surface area contributed by atoms with E-state index in [1.807, 2.05) is 0 Å². The molecule has 0 saturated heterocycles. The minimum Gasteiger partial charge on any atom is -0.496 e. The highest BCUT2D eigenvalue weighted by atomic mass is 19.2. The largest absolute Gasteiger partial charge is 0.496 e. The summed E-state index contributed by atoms with van der Waals surface area (Å²) in [5, 5.41) is 0. The fourth-order valence-electron chi connectivity index (χ4n) is 2.42. The summed E-state index contributed by atoms with van der Waals surface area (Å²) in [4.78, 5) is 0. The van der Waals surface area contributed by atoms with Crippen LogP contribution in [0, 0.1) is 11.6 Å². The summed E-state index contributed by atoms with van der Waals surface area (Å²) < 4.78 is 32.1. The van der Waals surface area contributed by atoms with Gasteiger partial charge in [0.25, 0.3) is 0 Å². The van der Waals surface area contributed by atoms with Crippen molar-refractivity contribution in [3.63, 3.8) is 0 Å². The molecule has 2 rings (SSSR count). The summed E-state index contributed by atoms with van der Waals surface area (Å²) in [5.74, 6) is -1.40. The molecule has 1 aromatic carbocycles. The van der Waals surface area contributed by atoms with Gasteiger partial charge in [0.2, 0.25) is 0 Å². The maximum Gasteiger partial charge on any atom is 0.167 e. The molecule has 0 bridgehead atoms. The van der Waals surface area contributed by atoms with E-state index in [0.717, 1.165) is 18.9 Å². The summed E-state index contributed by atoms with van der Waals surface area (Å²) in [7, 11) is 1.44. The number of methoxy groups -OCH3 is 1. The van der Waals surface area contributed by atoms with E-state index < -0.39 is 17.2 Å². The highest BCUT2D eigenvalue weighted by molar-refractivity contribution is 5.41. The van der Waals surface area contributed by atoms with Crippen LogP contribution in [-0.4, -0.2) is 7.11 Å². The SMILES string of the molecule is COc1ccc(F)c(F)c1C1(N)CCCC1. The van der Waals surface area contributed by atoms with Gasteiger partial charge in [0.1, 0.15) is 5.75 Å². The molecule has 88 valence electrons. The first-order chi connectivity index (χ1) is 7.58. The van der Waals surface area contributed by atoms with Gasteiger partial charge in [0.15, 0.2) is 11.6 Å². The minimum atomic E-state index is -0.872. The maximum atomic E-state index is 13.8. The van der Waals surface area contributed by atoms with Gasteiger partial charge < -0.3 is 10.5 Å². The van der Waals surface area contributed by atoms with Crippen molar-refractivity contribution in [3.8, 4) is 5.75 Å². The molecule has 2 N–H and O–H groups in total. The van der Waals surface area contributed by atoms with Gasteiger partial charge in [-0.2, -0.15) is 0 Å². The van der Waals surface area contributed by atoms with Crippen molar-refractivity contribution < 1.29 is 13.5 Å². The molecule has 0 spiro atoms. The van der Waals surface area contributed by atoms with Crippen molar-refractivity contribution in [2.24, 2.45) is 5.73 Å². The molecule has 1 aliphatic rings. The molecule has 0 amide bonds. The van der Waals surface area contributed by atoms with Crippen LogP contribution in [0.2, 0.25) is 0 Å². The average molecular weight is 227 g/mol. The minimum absolute atomic E-state index is 0.188. The lowest BCUT2D eigenvalue weighted by Gasteiger charge is -2.26. The predicted molar refractivity (Wildman–Crippen MR) is 57.2 cm³/mol. The molecule has 0 atom stereocenters. The topological polar surface area (TPSA) is 35.2 Å². The Balaban J connectivity index is 2.56. The van der Waals surface area contributed by atoms with E-state index >= 15 is 0 Å². The summed E-state index contributed by atoms with van der Waals surface area (Å²) >= 11 is 0. The first kappa shape index (κ1) is 11.3. The fraction of sp³-hybridized carbons (Fsp3) is 0.500. The summed E-state index contributed by atoms with van der Waals surface area (Å²) in [6.45, 7) is 0. The lowest BCUT2D eigenvalue weighted by atomic mass is 9.88. The molecule has 0 unspecified atom stereocenters. The van der Waals surface area contributed by atoms with E-state index in [-0.39, 0.29) is 5.56 Å². The number of rotatable bonds is 2. The molecule has 1 aliphatic carbocycles. The Morgan fingerprint density at radius 1 is 1.25 bits per heavy atom. The van der Waals surface area contributed by atoms with Crippen LogP contribution in [0.5, 0.6) is 5.75 Å². The van der Waals surface area contributed by atoms with Crippen molar-refractivity contribution in [2.45, 2.75) is 31.2 Å². The van der Waals surface area contributed by atoms with Crippen LogP contribution < -0.4 is 10.5 Å². The highest BCUT2D eigenvalue weighted by Crippen LogP contribution is 2.42. The van der Waals surface area contributed by atoms with Gasteiger partial charge >= 0.3 is 0 Å². The third-order valence-corrected chi connectivity index (χ3v) is 3.27. The van der Waals surface area contributed by atoms with Crippen LogP contribution in [0.3, 0.4) is 0 Å². The first-order valence-corrected chi connectivity index (χ1v) is 5.40. The summed E-state index contributed by atoms with van der Waals surface area (Å²) in [6, 6.07) is 2.50. The Morgan fingerprint density at radius 3 is 2.44 bits per heavy atom. The van der Waals surface area contributed by atoms with Crippen LogP contribution in [0.25, 0.3) is 0 Å². The van der Waals surface area contributed by atoms with Crippen molar-refractivity contribution in [1.29, 1.82) is 0 Å². The van der Waals surface area contributed by atoms with Crippen LogP contribution in [0.1, 0.15) is 31.2 Å². The third kappa shape index (κ3) is 1.67. The fourth-order valence-corrected chi connectivity index (χ4v) is 2.42. The van der Waals surface area contributed by atoms with Gasteiger partial charge in [0.05, 0.1) is 12.7 Å². The van der Waals surface area contributed by atoms with Crippen LogP contribution >= 0.6 is 0 Å². The second kappa shape index (κ2) is 4.01. The van der Waals surface area contributed by atoms with E-state index in [1.54, 1.807) is 0 Å². The molecule has 16 heavy (non-hydrogen) atoms. The molecule has 0 radical (unpaired) electrons. The number of halogens is 2. The second-order valence-corrected chi connectivity index (χ2v) is 4.30. The lowest BCUT2D eigenvalue weighted by molar-refractivity contribution is 0.356. The number of hydrogen-bond donors (Lipinski definition) is 1. The molecular weight excluding hydrogens is 212 g/mol. The normalized spacial score (nSPS) is 18.8. The van der Waals surface area contributed by atoms with Crippen LogP contribution in [-0.2, 0) is 5.54 Å². The third-order valence-electron chi connectivity index (χ3n) is 3.27. The van der Waals surface area contributed by atoms with Gasteiger partial charge in [0, 0.05) is 5.54 Å². The van der Waals surface area contributed by atoms with E-state index in [0.29, 0.717) is 18.6 Å². The zero-order valence-electron chi connectivity index (χ0n) is 9.22. The van der Waals surface area contributed by atoms with E-state index in [2.05, 4.69) is 0 Å². The zero-order chi connectivity index (χ0) is 11.8. The van der Waals surface area contributed by atoms with Gasteiger partial charge in [-0.05, 0) is 25.0 Å². The van der Waals surface area contributed by atoms with Crippen molar-refractivity contribution in [1.82, 2.24) is 0 Å². The first-order valence-electron chi connectivity index (χ1n) is 5.40. The van der Waals surface area contributed by atoms with Gasteiger partial charge in [-0.15, -0.1) is 0 Å². The quantitative estimate of drug-likeness (QED) is 0.843. The van der Waals surface area contributed by atoms with Crippen molar-refractivity contribution in [3.05, 3.63) is 29.3 Å². The molecule has 4 heteroatoms. The van der Waals surface area contributed by atoms with Crippen molar-refractivity contribution >= 4 is 0 Å². The smallest absolute Gasteiger partial charge is 0.167 e. The number of benzene rings is 1. The zero-order valence-corrected chi connectivity index (χ0v) is 9.22. The monoisotopic (exact) mass is 227 g/mol. The molecular formula is C12H15F2NO. The summed E-state index contributed by atoms with van der Waals surface area (Å²) in [6.07, 6.45) is 3.22. The van der Waals surface area contributed by atoms with Crippen LogP contribution in [0.15, 0.2) is 12.1 Å². The molecule has 1 fully saturated rings. The molecule has 0 heterocycles. The predicted octanol–water partition coefficient (Wildman–Crippen LogP) is 2.70. The van der Waals surface area contributed by atoms with E-state index in [4.69, 9.17) is 10.5 Å². The van der Waals surface area contributed by atoms with Gasteiger partial charge in [-0.1, -0.05) is 12.8 Å². The Labute approximate surface area is 93.4 Å². The Bertz CT molecular complexity index is 400. The van der Waals surface area contributed by atoms with Crippen LogP contribution in [0.4, 0.5) is 8.78 Å². The van der Waals surface area contributed by atoms with E-state index in [1.165, 1.54) is 13.2 Å². The maximum absolute atomic E-state index is 13.8.